The lowest BCUT2D eigenvalue weighted by atomic mass is 10.1. The monoisotopic (exact) mass is 449 g/mol. The van der Waals surface area contributed by atoms with Crippen LogP contribution >= 0.6 is 11.3 Å². The average molecular weight is 450 g/mol. The van der Waals surface area contributed by atoms with Crippen molar-refractivity contribution in [3.63, 3.8) is 0 Å². The first-order chi connectivity index (χ1) is 14.7. The topological polar surface area (TPSA) is 52.0 Å². The van der Waals surface area contributed by atoms with Crippen LogP contribution in [0.15, 0.2) is 41.7 Å². The summed E-state index contributed by atoms with van der Waals surface area (Å²) in [7, 11) is 2.03. The largest absolute Gasteiger partial charge is 0.433 e. The molecule has 1 amide bonds. The number of hydrogen-bond donors (Lipinski definition) is 0. The minimum atomic E-state index is -4.45. The van der Waals surface area contributed by atoms with Crippen LogP contribution in [0, 0.1) is 6.92 Å². The molecular formula is C21H22F3N5OS. The van der Waals surface area contributed by atoms with Crippen molar-refractivity contribution in [1.82, 2.24) is 14.8 Å². The Morgan fingerprint density at radius 3 is 2.52 bits per heavy atom. The number of amides is 1. The fourth-order valence-corrected chi connectivity index (χ4v) is 4.36. The number of hydrogen-bond acceptors (Lipinski definition) is 6. The lowest BCUT2D eigenvalue weighted by Crippen LogP contribution is -2.47. The predicted molar refractivity (Wildman–Crippen MR) is 116 cm³/mol. The number of benzene rings is 1. The highest BCUT2D eigenvalue weighted by Gasteiger charge is 2.35. The van der Waals surface area contributed by atoms with Gasteiger partial charge in [0, 0.05) is 44.3 Å². The van der Waals surface area contributed by atoms with E-state index in [1.54, 1.807) is 11.1 Å². The van der Waals surface area contributed by atoms with Crippen LogP contribution in [0.5, 0.6) is 0 Å². The van der Waals surface area contributed by atoms with Crippen LogP contribution in [0.2, 0.25) is 0 Å². The molecule has 0 saturated carbocycles. The Kier molecular flexibility index (Phi) is 5.85. The number of piperazine rings is 1. The van der Waals surface area contributed by atoms with E-state index >= 15 is 0 Å². The van der Waals surface area contributed by atoms with E-state index in [2.05, 4.69) is 14.9 Å². The van der Waals surface area contributed by atoms with Gasteiger partial charge in [0.1, 0.15) is 12.4 Å². The summed E-state index contributed by atoms with van der Waals surface area (Å²) in [5, 5.41) is 0.444. The third kappa shape index (κ3) is 4.80. The third-order valence-corrected chi connectivity index (χ3v) is 6.29. The number of carbonyl (C=O) groups excluding carboxylic acids is 1. The van der Waals surface area contributed by atoms with Gasteiger partial charge in [0.2, 0.25) is 0 Å². The van der Waals surface area contributed by atoms with Crippen molar-refractivity contribution in [2.45, 2.75) is 13.1 Å². The zero-order chi connectivity index (χ0) is 22.2. The summed E-state index contributed by atoms with van der Waals surface area (Å²) in [6.45, 7) is 4.85. The number of aliphatic imine (C=N–C) groups is 1. The van der Waals surface area contributed by atoms with Crippen LogP contribution in [0.1, 0.15) is 15.4 Å². The van der Waals surface area contributed by atoms with Gasteiger partial charge < -0.3 is 14.7 Å². The molecule has 4 rings (SSSR count). The summed E-state index contributed by atoms with van der Waals surface area (Å²) in [4.78, 5) is 27.2. The molecule has 0 unspecified atom stereocenters. The van der Waals surface area contributed by atoms with E-state index in [0.29, 0.717) is 18.1 Å². The second kappa shape index (κ2) is 8.43. The molecule has 1 saturated heterocycles. The smallest absolute Gasteiger partial charge is 0.334 e. The SMILES string of the molecule is Cc1cc(-c2cnc(C(=O)N3CCN(C)CC3)s2)cc(N2C=CC(C(F)(F)F)=NC2)c1. The summed E-state index contributed by atoms with van der Waals surface area (Å²) in [5.41, 5.74) is 1.67. The van der Waals surface area contributed by atoms with E-state index < -0.39 is 11.9 Å². The van der Waals surface area contributed by atoms with Gasteiger partial charge in [-0.25, -0.2) is 4.98 Å². The summed E-state index contributed by atoms with van der Waals surface area (Å²) in [6, 6.07) is 5.74. The number of alkyl halides is 3. The highest BCUT2D eigenvalue weighted by atomic mass is 32.1. The molecule has 0 bridgehead atoms. The first-order valence-electron chi connectivity index (χ1n) is 9.83. The van der Waals surface area contributed by atoms with Crippen molar-refractivity contribution in [2.75, 3.05) is 44.8 Å². The molecule has 0 spiro atoms. The lowest BCUT2D eigenvalue weighted by molar-refractivity contribution is -0.0579. The molecule has 6 nitrogen and oxygen atoms in total. The Labute approximate surface area is 182 Å². The molecule has 0 radical (unpaired) electrons. The molecule has 10 heteroatoms. The Hall–Kier alpha value is -2.72. The summed E-state index contributed by atoms with van der Waals surface area (Å²) in [6.07, 6.45) is -0.400. The Bertz CT molecular complexity index is 1040. The number of carbonyl (C=O) groups is 1. The van der Waals surface area contributed by atoms with E-state index in [4.69, 9.17) is 0 Å². The van der Waals surface area contributed by atoms with Gasteiger partial charge in [-0.05, 0) is 43.3 Å². The molecule has 1 fully saturated rings. The number of thiazole rings is 1. The first-order valence-corrected chi connectivity index (χ1v) is 10.6. The van der Waals surface area contributed by atoms with Crippen LogP contribution in [0.4, 0.5) is 18.9 Å². The maximum absolute atomic E-state index is 12.8. The van der Waals surface area contributed by atoms with E-state index in [0.717, 1.165) is 40.9 Å². The number of anilines is 1. The fourth-order valence-electron chi connectivity index (χ4n) is 3.49. The van der Waals surface area contributed by atoms with Gasteiger partial charge >= 0.3 is 6.18 Å². The molecule has 0 atom stereocenters. The van der Waals surface area contributed by atoms with Crippen molar-refractivity contribution in [2.24, 2.45) is 4.99 Å². The Morgan fingerprint density at radius 2 is 1.87 bits per heavy atom. The van der Waals surface area contributed by atoms with Crippen LogP contribution < -0.4 is 4.90 Å². The predicted octanol–water partition coefficient (Wildman–Crippen LogP) is 3.80. The van der Waals surface area contributed by atoms with Crippen molar-refractivity contribution < 1.29 is 18.0 Å². The molecule has 1 aromatic carbocycles. The molecule has 164 valence electrons. The van der Waals surface area contributed by atoms with Gasteiger partial charge in [0.15, 0.2) is 5.01 Å². The van der Waals surface area contributed by atoms with E-state index in [1.807, 2.05) is 37.1 Å². The summed E-state index contributed by atoms with van der Waals surface area (Å²) >= 11 is 1.33. The number of aromatic nitrogens is 1. The number of nitrogens with zero attached hydrogens (tertiary/aromatic N) is 5. The van der Waals surface area contributed by atoms with Crippen molar-refractivity contribution in [3.8, 4) is 10.4 Å². The van der Waals surface area contributed by atoms with Gasteiger partial charge in [-0.15, -0.1) is 11.3 Å². The molecule has 0 aliphatic carbocycles. The maximum atomic E-state index is 12.8. The molecule has 2 aliphatic rings. The third-order valence-electron chi connectivity index (χ3n) is 5.25. The average Bonchev–Trinajstić information content (AvgIpc) is 3.23. The minimum Gasteiger partial charge on any atom is -0.334 e. The van der Waals surface area contributed by atoms with Crippen LogP contribution in [-0.4, -0.2) is 72.5 Å². The minimum absolute atomic E-state index is 0.0646. The zero-order valence-corrected chi connectivity index (χ0v) is 18.0. The van der Waals surface area contributed by atoms with Gasteiger partial charge in [-0.1, -0.05) is 6.07 Å². The van der Waals surface area contributed by atoms with E-state index in [9.17, 15) is 18.0 Å². The first kappa shape index (κ1) is 21.5. The number of rotatable bonds is 3. The van der Waals surface area contributed by atoms with Crippen LogP contribution in [-0.2, 0) is 0 Å². The quantitative estimate of drug-likeness (QED) is 0.715. The fraction of sp³-hybridized carbons (Fsp3) is 0.381. The Morgan fingerprint density at radius 1 is 1.13 bits per heavy atom. The highest BCUT2D eigenvalue weighted by molar-refractivity contribution is 7.17. The standard InChI is InChI=1S/C21H22F3N5OS/c1-14-9-15(11-16(10-14)29-4-3-18(26-13-29)21(22,23)24)17-12-25-19(31-17)20(30)28-7-5-27(2)6-8-28/h3-4,9-12H,5-8,13H2,1-2H3. The molecule has 2 aromatic rings. The molecule has 2 aliphatic heterocycles. The zero-order valence-electron chi connectivity index (χ0n) is 17.2. The second-order valence-electron chi connectivity index (χ2n) is 7.65. The normalized spacial score (nSPS) is 17.8. The molecule has 31 heavy (non-hydrogen) atoms. The molecule has 3 heterocycles. The van der Waals surface area contributed by atoms with Crippen molar-refractivity contribution in [3.05, 3.63) is 47.2 Å². The number of aryl methyl sites for hydroxylation is 1. The molecular weight excluding hydrogens is 427 g/mol. The molecule has 1 aromatic heterocycles. The van der Waals surface area contributed by atoms with Crippen LogP contribution in [0.25, 0.3) is 10.4 Å². The maximum Gasteiger partial charge on any atom is 0.433 e. The number of likely N-dealkylation sites (N-methyl/N-ethyl adjacent to an activating group) is 1. The second-order valence-corrected chi connectivity index (χ2v) is 8.68. The molecule has 0 N–H and O–H groups in total. The van der Waals surface area contributed by atoms with Gasteiger partial charge in [0.25, 0.3) is 5.91 Å². The van der Waals surface area contributed by atoms with Crippen LogP contribution in [0.3, 0.4) is 0 Å². The number of halogens is 3. The van der Waals surface area contributed by atoms with E-state index in [1.165, 1.54) is 17.5 Å². The Balaban J connectivity index is 1.53. The van der Waals surface area contributed by atoms with Crippen molar-refractivity contribution >= 4 is 28.6 Å². The van der Waals surface area contributed by atoms with Gasteiger partial charge in [0.05, 0.1) is 4.88 Å². The number of allylic oxidation sites excluding steroid dienone is 1. The van der Waals surface area contributed by atoms with Gasteiger partial charge in [-0.3, -0.25) is 9.79 Å². The van der Waals surface area contributed by atoms with E-state index in [-0.39, 0.29) is 12.6 Å². The van der Waals surface area contributed by atoms with Gasteiger partial charge in [-0.2, -0.15) is 13.2 Å². The lowest BCUT2D eigenvalue weighted by Gasteiger charge is -2.31. The summed E-state index contributed by atoms with van der Waals surface area (Å²) < 4.78 is 38.4. The summed E-state index contributed by atoms with van der Waals surface area (Å²) in [5.74, 6) is -0.0646. The van der Waals surface area contributed by atoms with Crippen molar-refractivity contribution in [1.29, 1.82) is 0 Å². The highest BCUT2D eigenvalue weighted by Crippen LogP contribution is 2.32.